The number of nitrogens with one attached hydrogen (secondary N) is 1. The van der Waals surface area contributed by atoms with E-state index in [1.165, 1.54) is 5.01 Å². The van der Waals surface area contributed by atoms with Crippen molar-refractivity contribution in [2.45, 2.75) is 6.54 Å². The molecule has 3 N–H and O–H groups in total. The van der Waals surface area contributed by atoms with Crippen molar-refractivity contribution in [3.05, 3.63) is 41.8 Å². The van der Waals surface area contributed by atoms with Crippen molar-refractivity contribution in [3.8, 4) is 0 Å². The Morgan fingerprint density at radius 3 is 2.60 bits per heavy atom. The standard InChI is InChI=1S/C9H10FN5/c10-8-9(13-14-12-8)15(11)6-7-4-2-1-3-5-7/h1-5H,6,11H2,(H,12,13,14). The van der Waals surface area contributed by atoms with E-state index in [2.05, 4.69) is 15.4 Å². The van der Waals surface area contributed by atoms with Gasteiger partial charge in [0.15, 0.2) is 0 Å². The molecule has 0 bridgehead atoms. The highest BCUT2D eigenvalue weighted by Gasteiger charge is 2.12. The fourth-order valence-electron chi connectivity index (χ4n) is 1.25. The molecule has 0 saturated carbocycles. The SMILES string of the molecule is NN(Cc1ccccc1)c1n[nH]nc1F. The summed E-state index contributed by atoms with van der Waals surface area (Å²) < 4.78 is 13.0. The molecule has 2 aromatic rings. The van der Waals surface area contributed by atoms with E-state index in [4.69, 9.17) is 5.84 Å². The molecule has 0 unspecified atom stereocenters. The number of hydrogen-bond acceptors (Lipinski definition) is 4. The number of H-pyrrole nitrogens is 1. The van der Waals surface area contributed by atoms with Crippen molar-refractivity contribution in [2.24, 2.45) is 5.84 Å². The van der Waals surface area contributed by atoms with Gasteiger partial charge in [-0.05, 0) is 5.56 Å². The Hall–Kier alpha value is -1.95. The van der Waals surface area contributed by atoms with Crippen LogP contribution in [0, 0.1) is 5.95 Å². The molecular formula is C9H10FN5. The molecule has 0 atom stereocenters. The minimum Gasteiger partial charge on any atom is -0.285 e. The first-order valence-corrected chi connectivity index (χ1v) is 4.40. The Balaban J connectivity index is 2.11. The van der Waals surface area contributed by atoms with E-state index in [1.54, 1.807) is 0 Å². The third-order valence-electron chi connectivity index (χ3n) is 1.96. The molecule has 0 radical (unpaired) electrons. The van der Waals surface area contributed by atoms with Gasteiger partial charge in [-0.15, -0.1) is 10.2 Å². The van der Waals surface area contributed by atoms with E-state index in [0.29, 0.717) is 6.54 Å². The Bertz CT molecular complexity index is 427. The number of nitrogens with two attached hydrogens (primary N) is 1. The molecule has 1 aromatic carbocycles. The van der Waals surface area contributed by atoms with E-state index >= 15 is 0 Å². The Morgan fingerprint density at radius 1 is 1.27 bits per heavy atom. The minimum absolute atomic E-state index is 0.0128. The van der Waals surface area contributed by atoms with Crippen molar-refractivity contribution >= 4 is 5.82 Å². The summed E-state index contributed by atoms with van der Waals surface area (Å²) >= 11 is 0. The quantitative estimate of drug-likeness (QED) is 0.577. The lowest BCUT2D eigenvalue weighted by atomic mass is 10.2. The number of hydrazine groups is 1. The third-order valence-corrected chi connectivity index (χ3v) is 1.96. The second-order valence-corrected chi connectivity index (χ2v) is 3.05. The monoisotopic (exact) mass is 207 g/mol. The Morgan fingerprint density at radius 2 is 2.00 bits per heavy atom. The molecule has 0 aliphatic carbocycles. The van der Waals surface area contributed by atoms with Gasteiger partial charge in [0.1, 0.15) is 0 Å². The number of aromatic nitrogens is 3. The van der Waals surface area contributed by atoms with Crippen molar-refractivity contribution < 1.29 is 4.39 Å². The smallest absolute Gasteiger partial charge is 0.277 e. The highest BCUT2D eigenvalue weighted by Crippen LogP contribution is 2.12. The first-order valence-electron chi connectivity index (χ1n) is 4.40. The highest BCUT2D eigenvalue weighted by molar-refractivity contribution is 5.34. The fourth-order valence-corrected chi connectivity index (χ4v) is 1.25. The van der Waals surface area contributed by atoms with Gasteiger partial charge in [0.05, 0.1) is 6.54 Å². The van der Waals surface area contributed by atoms with E-state index < -0.39 is 5.95 Å². The fraction of sp³-hybridized carbons (Fsp3) is 0.111. The van der Waals surface area contributed by atoms with Gasteiger partial charge in [0.2, 0.25) is 5.82 Å². The lowest BCUT2D eigenvalue weighted by Gasteiger charge is -2.14. The zero-order valence-corrected chi connectivity index (χ0v) is 7.89. The maximum atomic E-state index is 13.0. The molecule has 0 aliphatic heterocycles. The number of nitrogens with zero attached hydrogens (tertiary/aromatic N) is 3. The van der Waals surface area contributed by atoms with Gasteiger partial charge in [0, 0.05) is 0 Å². The van der Waals surface area contributed by atoms with Gasteiger partial charge in [-0.3, -0.25) is 5.01 Å². The second kappa shape index (κ2) is 4.05. The summed E-state index contributed by atoms with van der Waals surface area (Å²) in [5.74, 6) is 4.96. The van der Waals surface area contributed by atoms with Crippen molar-refractivity contribution in [1.29, 1.82) is 0 Å². The normalized spacial score (nSPS) is 10.3. The molecule has 15 heavy (non-hydrogen) atoms. The van der Waals surface area contributed by atoms with Gasteiger partial charge < -0.3 is 0 Å². The van der Waals surface area contributed by atoms with Crippen LogP contribution in [0.2, 0.25) is 0 Å². The molecule has 1 heterocycles. The molecule has 2 rings (SSSR count). The molecule has 5 nitrogen and oxygen atoms in total. The van der Waals surface area contributed by atoms with Crippen LogP contribution in [0.3, 0.4) is 0 Å². The number of anilines is 1. The lowest BCUT2D eigenvalue weighted by Crippen LogP contribution is -2.31. The third kappa shape index (κ3) is 2.10. The van der Waals surface area contributed by atoms with Crippen LogP contribution in [-0.2, 0) is 6.54 Å². The largest absolute Gasteiger partial charge is 0.285 e. The molecule has 6 heteroatoms. The molecule has 0 spiro atoms. The van der Waals surface area contributed by atoms with Gasteiger partial charge in [0.25, 0.3) is 5.95 Å². The first kappa shape index (κ1) is 9.60. The molecular weight excluding hydrogens is 197 g/mol. The zero-order valence-electron chi connectivity index (χ0n) is 7.89. The van der Waals surface area contributed by atoms with Gasteiger partial charge in [-0.25, -0.2) is 5.84 Å². The van der Waals surface area contributed by atoms with Crippen molar-refractivity contribution in [3.63, 3.8) is 0 Å². The number of halogens is 1. The van der Waals surface area contributed by atoms with Crippen LogP contribution in [0.4, 0.5) is 10.2 Å². The van der Waals surface area contributed by atoms with Crippen LogP contribution < -0.4 is 10.9 Å². The van der Waals surface area contributed by atoms with Crippen LogP contribution in [0.15, 0.2) is 30.3 Å². The predicted molar refractivity (Wildman–Crippen MR) is 53.2 cm³/mol. The molecule has 0 aliphatic rings. The van der Waals surface area contributed by atoms with Gasteiger partial charge in [-0.2, -0.15) is 9.60 Å². The summed E-state index contributed by atoms with van der Waals surface area (Å²) in [6, 6.07) is 9.49. The van der Waals surface area contributed by atoms with Crippen LogP contribution >= 0.6 is 0 Å². The summed E-state index contributed by atoms with van der Waals surface area (Å²) in [7, 11) is 0. The van der Waals surface area contributed by atoms with Crippen LogP contribution in [-0.4, -0.2) is 15.4 Å². The lowest BCUT2D eigenvalue weighted by molar-refractivity contribution is 0.574. The number of hydrogen-bond donors (Lipinski definition) is 2. The topological polar surface area (TPSA) is 70.8 Å². The van der Waals surface area contributed by atoms with E-state index in [0.717, 1.165) is 5.56 Å². The van der Waals surface area contributed by atoms with E-state index in [-0.39, 0.29) is 5.82 Å². The Labute approximate surface area is 85.7 Å². The molecule has 78 valence electrons. The van der Waals surface area contributed by atoms with Crippen molar-refractivity contribution in [1.82, 2.24) is 15.4 Å². The second-order valence-electron chi connectivity index (χ2n) is 3.05. The van der Waals surface area contributed by atoms with E-state index in [1.807, 2.05) is 30.3 Å². The van der Waals surface area contributed by atoms with Crippen molar-refractivity contribution in [2.75, 3.05) is 5.01 Å². The van der Waals surface area contributed by atoms with E-state index in [9.17, 15) is 4.39 Å². The number of benzene rings is 1. The summed E-state index contributed by atoms with van der Waals surface area (Å²) in [5, 5.41) is 10.2. The maximum Gasteiger partial charge on any atom is 0.277 e. The summed E-state index contributed by atoms with van der Waals surface area (Å²) in [6.45, 7) is 0.379. The van der Waals surface area contributed by atoms with Crippen LogP contribution in [0.1, 0.15) is 5.56 Å². The summed E-state index contributed by atoms with van der Waals surface area (Å²) in [4.78, 5) is 0. The summed E-state index contributed by atoms with van der Waals surface area (Å²) in [5.41, 5.74) is 0.974. The first-order chi connectivity index (χ1) is 7.27. The Kier molecular flexibility index (Phi) is 2.59. The molecule has 0 amide bonds. The van der Waals surface area contributed by atoms with Crippen LogP contribution in [0.25, 0.3) is 0 Å². The predicted octanol–water partition coefficient (Wildman–Crippen LogP) is 0.824. The number of rotatable bonds is 3. The molecule has 0 fully saturated rings. The number of aromatic amines is 1. The average Bonchev–Trinajstić information content (AvgIpc) is 2.66. The maximum absolute atomic E-state index is 13.0. The zero-order chi connectivity index (χ0) is 10.7. The highest BCUT2D eigenvalue weighted by atomic mass is 19.1. The minimum atomic E-state index is -0.701. The molecule has 0 saturated heterocycles. The van der Waals surface area contributed by atoms with Gasteiger partial charge in [-0.1, -0.05) is 30.3 Å². The summed E-state index contributed by atoms with van der Waals surface area (Å²) in [6.07, 6.45) is 0. The van der Waals surface area contributed by atoms with Crippen LogP contribution in [0.5, 0.6) is 0 Å². The molecule has 1 aromatic heterocycles. The average molecular weight is 207 g/mol. The van der Waals surface area contributed by atoms with Gasteiger partial charge >= 0.3 is 0 Å².